The predicted octanol–water partition coefficient (Wildman–Crippen LogP) is 2.50. The van der Waals surface area contributed by atoms with Gasteiger partial charge in [0.2, 0.25) is 5.91 Å². The standard InChI is InChI=1S/C13H21N3OS2/c1-3-16(10(2)17)13-15-12(9-19-13)8-14-11-4-6-18-7-5-11/h9,11,14H,3-8H2,1-2H3. The van der Waals surface area contributed by atoms with E-state index in [1.807, 2.05) is 24.1 Å². The Morgan fingerprint density at radius 1 is 1.53 bits per heavy atom. The van der Waals surface area contributed by atoms with Crippen LogP contribution in [0.4, 0.5) is 5.13 Å². The first kappa shape index (κ1) is 14.8. The summed E-state index contributed by atoms with van der Waals surface area (Å²) in [5, 5.41) is 6.42. The first-order valence-electron chi connectivity index (χ1n) is 6.74. The molecule has 0 bridgehead atoms. The molecule has 6 heteroatoms. The van der Waals surface area contributed by atoms with Crippen molar-refractivity contribution >= 4 is 34.1 Å². The van der Waals surface area contributed by atoms with Crippen LogP contribution in [0.2, 0.25) is 0 Å². The highest BCUT2D eigenvalue weighted by Gasteiger charge is 2.15. The van der Waals surface area contributed by atoms with E-state index >= 15 is 0 Å². The number of rotatable bonds is 5. The molecule has 1 amide bonds. The van der Waals surface area contributed by atoms with Crippen LogP contribution in [0.5, 0.6) is 0 Å². The highest BCUT2D eigenvalue weighted by atomic mass is 32.2. The fourth-order valence-electron chi connectivity index (χ4n) is 2.14. The lowest BCUT2D eigenvalue weighted by Crippen LogP contribution is -2.32. The molecule has 0 spiro atoms. The van der Waals surface area contributed by atoms with Gasteiger partial charge in [0.1, 0.15) is 0 Å². The minimum atomic E-state index is 0.0562. The van der Waals surface area contributed by atoms with E-state index in [9.17, 15) is 4.79 Å². The number of nitrogens with zero attached hydrogens (tertiary/aromatic N) is 2. The second kappa shape index (κ2) is 7.26. The largest absolute Gasteiger partial charge is 0.308 e. The van der Waals surface area contributed by atoms with Gasteiger partial charge < -0.3 is 5.32 Å². The zero-order chi connectivity index (χ0) is 13.7. The van der Waals surface area contributed by atoms with Crippen molar-refractivity contribution in [1.82, 2.24) is 10.3 Å². The van der Waals surface area contributed by atoms with Crippen LogP contribution in [0.15, 0.2) is 5.38 Å². The summed E-state index contributed by atoms with van der Waals surface area (Å²) in [6, 6.07) is 0.626. The number of carbonyl (C=O) groups is 1. The van der Waals surface area contributed by atoms with Crippen molar-refractivity contribution < 1.29 is 4.79 Å². The van der Waals surface area contributed by atoms with Gasteiger partial charge in [0.25, 0.3) is 0 Å². The molecule has 0 aromatic carbocycles. The number of carbonyl (C=O) groups excluding carboxylic acids is 1. The molecule has 1 aromatic rings. The van der Waals surface area contributed by atoms with E-state index in [1.165, 1.54) is 24.3 Å². The third-order valence-corrected chi connectivity index (χ3v) is 5.22. The normalized spacial score (nSPS) is 16.5. The van der Waals surface area contributed by atoms with Gasteiger partial charge in [0.15, 0.2) is 5.13 Å². The number of anilines is 1. The molecule has 0 unspecified atom stereocenters. The lowest BCUT2D eigenvalue weighted by atomic mass is 10.1. The van der Waals surface area contributed by atoms with Gasteiger partial charge in [-0.2, -0.15) is 11.8 Å². The second-order valence-corrected chi connectivity index (χ2v) is 6.71. The van der Waals surface area contributed by atoms with E-state index in [0.29, 0.717) is 12.6 Å². The van der Waals surface area contributed by atoms with Crippen molar-refractivity contribution in [3.63, 3.8) is 0 Å². The molecular weight excluding hydrogens is 278 g/mol. The predicted molar refractivity (Wildman–Crippen MR) is 83.0 cm³/mol. The number of hydrogen-bond acceptors (Lipinski definition) is 5. The molecule has 1 N–H and O–H groups in total. The van der Waals surface area contributed by atoms with Crippen molar-refractivity contribution in [3.05, 3.63) is 11.1 Å². The molecular formula is C13H21N3OS2. The lowest BCUT2D eigenvalue weighted by molar-refractivity contribution is -0.116. The number of hydrogen-bond donors (Lipinski definition) is 1. The maximum atomic E-state index is 11.5. The molecule has 0 atom stereocenters. The van der Waals surface area contributed by atoms with Crippen LogP contribution in [0.1, 0.15) is 32.4 Å². The van der Waals surface area contributed by atoms with Crippen LogP contribution in [-0.4, -0.2) is 35.0 Å². The molecule has 0 aliphatic carbocycles. The van der Waals surface area contributed by atoms with Gasteiger partial charge in [0, 0.05) is 31.4 Å². The molecule has 106 valence electrons. The van der Waals surface area contributed by atoms with Crippen molar-refractivity contribution in [2.45, 2.75) is 39.3 Å². The number of thioether (sulfide) groups is 1. The maximum absolute atomic E-state index is 11.5. The molecule has 2 heterocycles. The summed E-state index contributed by atoms with van der Waals surface area (Å²) in [5.41, 5.74) is 1.04. The Morgan fingerprint density at radius 3 is 2.89 bits per heavy atom. The quantitative estimate of drug-likeness (QED) is 0.907. The van der Waals surface area contributed by atoms with Gasteiger partial charge in [-0.05, 0) is 31.3 Å². The zero-order valence-electron chi connectivity index (χ0n) is 11.5. The zero-order valence-corrected chi connectivity index (χ0v) is 13.1. The maximum Gasteiger partial charge on any atom is 0.225 e. The summed E-state index contributed by atoms with van der Waals surface area (Å²) >= 11 is 3.58. The molecule has 0 radical (unpaired) electrons. The van der Waals surface area contributed by atoms with Gasteiger partial charge in [-0.15, -0.1) is 11.3 Å². The highest BCUT2D eigenvalue weighted by molar-refractivity contribution is 7.99. The van der Waals surface area contributed by atoms with Crippen LogP contribution >= 0.6 is 23.1 Å². The number of aromatic nitrogens is 1. The van der Waals surface area contributed by atoms with Crippen LogP contribution in [0, 0.1) is 0 Å². The first-order valence-corrected chi connectivity index (χ1v) is 8.77. The van der Waals surface area contributed by atoms with Crippen LogP contribution in [0.25, 0.3) is 0 Å². The van der Waals surface area contributed by atoms with E-state index in [4.69, 9.17) is 0 Å². The lowest BCUT2D eigenvalue weighted by Gasteiger charge is -2.22. The Morgan fingerprint density at radius 2 is 2.26 bits per heavy atom. The van der Waals surface area contributed by atoms with E-state index in [-0.39, 0.29) is 5.91 Å². The average Bonchev–Trinajstić information content (AvgIpc) is 2.87. The average molecular weight is 299 g/mol. The Balaban J connectivity index is 1.87. The molecule has 2 rings (SSSR count). The molecule has 1 fully saturated rings. The van der Waals surface area contributed by atoms with E-state index in [0.717, 1.165) is 17.4 Å². The smallest absolute Gasteiger partial charge is 0.225 e. The van der Waals surface area contributed by atoms with Gasteiger partial charge in [0.05, 0.1) is 5.69 Å². The fourth-order valence-corrected chi connectivity index (χ4v) is 4.18. The molecule has 4 nitrogen and oxygen atoms in total. The molecule has 0 saturated carbocycles. The Bertz CT molecular complexity index is 416. The summed E-state index contributed by atoms with van der Waals surface area (Å²) in [5.74, 6) is 2.57. The number of nitrogens with one attached hydrogen (secondary N) is 1. The van der Waals surface area contributed by atoms with Crippen LogP contribution in [-0.2, 0) is 11.3 Å². The van der Waals surface area contributed by atoms with E-state index in [1.54, 1.807) is 23.2 Å². The summed E-state index contributed by atoms with van der Waals surface area (Å²) in [4.78, 5) is 17.7. The number of amides is 1. The highest BCUT2D eigenvalue weighted by Crippen LogP contribution is 2.21. The molecule has 1 aliphatic rings. The Labute approximate surface area is 123 Å². The van der Waals surface area contributed by atoms with Crippen LogP contribution < -0.4 is 10.2 Å². The van der Waals surface area contributed by atoms with Gasteiger partial charge in [-0.1, -0.05) is 0 Å². The minimum absolute atomic E-state index is 0.0562. The van der Waals surface area contributed by atoms with Gasteiger partial charge >= 0.3 is 0 Å². The van der Waals surface area contributed by atoms with E-state index < -0.39 is 0 Å². The summed E-state index contributed by atoms with van der Waals surface area (Å²) < 4.78 is 0. The Hall–Kier alpha value is -0.590. The van der Waals surface area contributed by atoms with Gasteiger partial charge in [-0.3, -0.25) is 9.69 Å². The van der Waals surface area contributed by atoms with Crippen molar-refractivity contribution in [2.24, 2.45) is 0 Å². The minimum Gasteiger partial charge on any atom is -0.308 e. The molecule has 1 aromatic heterocycles. The second-order valence-electron chi connectivity index (χ2n) is 4.65. The van der Waals surface area contributed by atoms with Crippen molar-refractivity contribution in [3.8, 4) is 0 Å². The molecule has 19 heavy (non-hydrogen) atoms. The topological polar surface area (TPSA) is 45.2 Å². The third-order valence-electron chi connectivity index (χ3n) is 3.26. The summed E-state index contributed by atoms with van der Waals surface area (Å²) in [6.45, 7) is 5.04. The van der Waals surface area contributed by atoms with Gasteiger partial charge in [-0.25, -0.2) is 4.98 Å². The SMILES string of the molecule is CCN(C(C)=O)c1nc(CNC2CCSCC2)cs1. The molecule has 1 saturated heterocycles. The number of thiazole rings is 1. The third kappa shape index (κ3) is 4.19. The van der Waals surface area contributed by atoms with E-state index in [2.05, 4.69) is 10.3 Å². The summed E-state index contributed by atoms with van der Waals surface area (Å²) in [7, 11) is 0. The Kier molecular flexibility index (Phi) is 5.66. The van der Waals surface area contributed by atoms with Crippen molar-refractivity contribution in [2.75, 3.05) is 23.0 Å². The summed E-state index contributed by atoms with van der Waals surface area (Å²) in [6.07, 6.45) is 2.49. The monoisotopic (exact) mass is 299 g/mol. The molecule has 1 aliphatic heterocycles. The fraction of sp³-hybridized carbons (Fsp3) is 0.692. The first-order chi connectivity index (χ1) is 9.20. The van der Waals surface area contributed by atoms with Crippen molar-refractivity contribution in [1.29, 1.82) is 0 Å². The van der Waals surface area contributed by atoms with Crippen LogP contribution in [0.3, 0.4) is 0 Å².